The Bertz CT molecular complexity index is 1050. The van der Waals surface area contributed by atoms with Crippen molar-refractivity contribution < 1.29 is 13.2 Å². The molecule has 0 unspecified atom stereocenters. The molecule has 0 fully saturated rings. The Labute approximate surface area is 163 Å². The SMILES string of the molecule is CCCc1ccc(C2=Cc3cc(F)c(-c4ccc(F)cc4)cc3CC2)c(F)c1. The van der Waals surface area contributed by atoms with Gasteiger partial charge in [0.1, 0.15) is 17.5 Å². The fraction of sp³-hybridized carbons (Fsp3) is 0.200. The van der Waals surface area contributed by atoms with Crippen LogP contribution < -0.4 is 0 Å². The predicted octanol–water partition coefficient (Wildman–Crippen LogP) is 7.21. The molecule has 3 heteroatoms. The van der Waals surface area contributed by atoms with Crippen LogP contribution >= 0.6 is 0 Å². The molecule has 1 aliphatic carbocycles. The number of hydrogen-bond acceptors (Lipinski definition) is 0. The van der Waals surface area contributed by atoms with Crippen LogP contribution in [0.4, 0.5) is 13.2 Å². The van der Waals surface area contributed by atoms with E-state index < -0.39 is 0 Å². The maximum Gasteiger partial charge on any atom is 0.131 e. The second-order valence-electron chi connectivity index (χ2n) is 7.27. The van der Waals surface area contributed by atoms with Gasteiger partial charge in [0.2, 0.25) is 0 Å². The zero-order chi connectivity index (χ0) is 19.7. The van der Waals surface area contributed by atoms with E-state index >= 15 is 0 Å². The van der Waals surface area contributed by atoms with Crippen LogP contribution in [0.5, 0.6) is 0 Å². The predicted molar refractivity (Wildman–Crippen MR) is 108 cm³/mol. The van der Waals surface area contributed by atoms with Crippen LogP contribution in [0.15, 0.2) is 54.6 Å². The summed E-state index contributed by atoms with van der Waals surface area (Å²) >= 11 is 0. The summed E-state index contributed by atoms with van der Waals surface area (Å²) in [6, 6.07) is 14.6. The van der Waals surface area contributed by atoms with E-state index in [0.29, 0.717) is 29.5 Å². The van der Waals surface area contributed by atoms with Crippen molar-refractivity contribution in [3.05, 3.63) is 94.3 Å². The number of halogens is 3. The number of allylic oxidation sites excluding steroid dienone is 1. The molecule has 0 amide bonds. The first-order valence-electron chi connectivity index (χ1n) is 9.63. The molecular weight excluding hydrogens is 357 g/mol. The van der Waals surface area contributed by atoms with Gasteiger partial charge in [0.05, 0.1) is 0 Å². The first-order chi connectivity index (χ1) is 13.5. The Morgan fingerprint density at radius 1 is 0.786 bits per heavy atom. The van der Waals surface area contributed by atoms with Crippen LogP contribution in [0.3, 0.4) is 0 Å². The highest BCUT2D eigenvalue weighted by Gasteiger charge is 2.18. The van der Waals surface area contributed by atoms with Gasteiger partial charge in [0.15, 0.2) is 0 Å². The van der Waals surface area contributed by atoms with Gasteiger partial charge in [-0.1, -0.05) is 43.7 Å². The molecule has 0 saturated heterocycles. The van der Waals surface area contributed by atoms with E-state index in [-0.39, 0.29) is 17.5 Å². The van der Waals surface area contributed by atoms with Crippen molar-refractivity contribution in [1.82, 2.24) is 0 Å². The average molecular weight is 378 g/mol. The molecule has 4 rings (SSSR count). The third kappa shape index (κ3) is 3.62. The van der Waals surface area contributed by atoms with Crippen molar-refractivity contribution in [2.24, 2.45) is 0 Å². The first-order valence-corrected chi connectivity index (χ1v) is 9.63. The standard InChI is InChI=1S/C25H21F3/c1-2-3-16-4-11-22(24(27)12-16)19-6-5-18-14-23(25(28)15-20(18)13-19)17-7-9-21(26)10-8-17/h4,7-15H,2-3,5-6H2,1H3. The Morgan fingerprint density at radius 2 is 1.54 bits per heavy atom. The molecule has 0 nitrogen and oxygen atoms in total. The minimum Gasteiger partial charge on any atom is -0.207 e. The van der Waals surface area contributed by atoms with Gasteiger partial charge in [-0.05, 0) is 77.4 Å². The Kier molecular flexibility index (Phi) is 5.08. The Hall–Kier alpha value is -2.81. The van der Waals surface area contributed by atoms with Crippen LogP contribution in [0.25, 0.3) is 22.8 Å². The van der Waals surface area contributed by atoms with Crippen LogP contribution in [0.1, 0.15) is 42.0 Å². The third-order valence-corrected chi connectivity index (χ3v) is 5.30. The van der Waals surface area contributed by atoms with Crippen LogP contribution in [-0.4, -0.2) is 0 Å². The molecule has 142 valence electrons. The molecule has 1 aliphatic rings. The lowest BCUT2D eigenvalue weighted by atomic mass is 9.86. The fourth-order valence-electron chi connectivity index (χ4n) is 3.84. The smallest absolute Gasteiger partial charge is 0.131 e. The quantitative estimate of drug-likeness (QED) is 0.450. The van der Waals surface area contributed by atoms with Crippen molar-refractivity contribution in [3.63, 3.8) is 0 Å². The first kappa shape index (κ1) is 18.5. The van der Waals surface area contributed by atoms with Gasteiger partial charge < -0.3 is 0 Å². The van der Waals surface area contributed by atoms with Gasteiger partial charge in [-0.2, -0.15) is 0 Å². The number of hydrogen-bond donors (Lipinski definition) is 0. The van der Waals surface area contributed by atoms with E-state index in [2.05, 4.69) is 6.92 Å². The highest BCUT2D eigenvalue weighted by molar-refractivity contribution is 5.85. The van der Waals surface area contributed by atoms with Crippen molar-refractivity contribution >= 4 is 11.6 Å². The summed E-state index contributed by atoms with van der Waals surface area (Å²) in [5, 5.41) is 0. The van der Waals surface area contributed by atoms with Crippen LogP contribution in [0.2, 0.25) is 0 Å². The second-order valence-corrected chi connectivity index (χ2v) is 7.27. The number of aryl methyl sites for hydroxylation is 2. The van der Waals surface area contributed by atoms with E-state index in [1.807, 2.05) is 24.3 Å². The van der Waals surface area contributed by atoms with Crippen molar-refractivity contribution in [2.45, 2.75) is 32.6 Å². The van der Waals surface area contributed by atoms with E-state index in [9.17, 15) is 13.2 Å². The molecule has 0 bridgehead atoms. The van der Waals surface area contributed by atoms with E-state index in [0.717, 1.165) is 35.1 Å². The minimum atomic E-state index is -0.360. The van der Waals surface area contributed by atoms with Gasteiger partial charge in [-0.25, -0.2) is 13.2 Å². The molecule has 0 atom stereocenters. The fourth-order valence-corrected chi connectivity index (χ4v) is 3.84. The maximum atomic E-state index is 14.7. The average Bonchev–Trinajstić information content (AvgIpc) is 2.68. The molecule has 3 aromatic rings. The normalized spacial score (nSPS) is 13.2. The summed E-state index contributed by atoms with van der Waals surface area (Å²) in [6.07, 6.45) is 5.13. The zero-order valence-electron chi connectivity index (χ0n) is 15.7. The Morgan fingerprint density at radius 3 is 2.25 bits per heavy atom. The summed E-state index contributed by atoms with van der Waals surface area (Å²) in [5.74, 6) is -0.924. The summed E-state index contributed by atoms with van der Waals surface area (Å²) in [4.78, 5) is 0. The van der Waals surface area contributed by atoms with Crippen molar-refractivity contribution in [2.75, 3.05) is 0 Å². The molecule has 3 aromatic carbocycles. The molecule has 0 N–H and O–H groups in total. The monoisotopic (exact) mass is 378 g/mol. The Balaban J connectivity index is 1.70. The summed E-state index contributed by atoms with van der Waals surface area (Å²) < 4.78 is 42.4. The van der Waals surface area contributed by atoms with Gasteiger partial charge in [0, 0.05) is 11.1 Å². The van der Waals surface area contributed by atoms with Crippen LogP contribution in [-0.2, 0) is 12.8 Å². The summed E-state index contributed by atoms with van der Waals surface area (Å²) in [6.45, 7) is 2.07. The van der Waals surface area contributed by atoms with Gasteiger partial charge >= 0.3 is 0 Å². The van der Waals surface area contributed by atoms with Gasteiger partial charge in [-0.3, -0.25) is 0 Å². The van der Waals surface area contributed by atoms with Crippen molar-refractivity contribution in [1.29, 1.82) is 0 Å². The van der Waals surface area contributed by atoms with Crippen LogP contribution in [0, 0.1) is 17.5 Å². The molecule has 0 saturated carbocycles. The molecule has 0 aliphatic heterocycles. The molecule has 0 heterocycles. The topological polar surface area (TPSA) is 0 Å². The number of benzene rings is 3. The van der Waals surface area contributed by atoms with E-state index in [4.69, 9.17) is 0 Å². The minimum absolute atomic E-state index is 0.218. The zero-order valence-corrected chi connectivity index (χ0v) is 15.7. The summed E-state index contributed by atoms with van der Waals surface area (Å²) in [5.41, 5.74) is 5.39. The second kappa shape index (κ2) is 7.67. The van der Waals surface area contributed by atoms with Crippen molar-refractivity contribution in [3.8, 4) is 11.1 Å². The number of fused-ring (bicyclic) bond motifs is 1. The summed E-state index contributed by atoms with van der Waals surface area (Å²) in [7, 11) is 0. The molecule has 28 heavy (non-hydrogen) atoms. The molecule has 0 aromatic heterocycles. The lowest BCUT2D eigenvalue weighted by molar-refractivity contribution is 0.620. The van der Waals surface area contributed by atoms with E-state index in [1.165, 1.54) is 18.2 Å². The van der Waals surface area contributed by atoms with Gasteiger partial charge in [-0.15, -0.1) is 0 Å². The molecule has 0 radical (unpaired) electrons. The maximum absolute atomic E-state index is 14.7. The van der Waals surface area contributed by atoms with E-state index in [1.54, 1.807) is 18.2 Å². The molecular formula is C25H21F3. The highest BCUT2D eigenvalue weighted by atomic mass is 19.1. The third-order valence-electron chi connectivity index (χ3n) is 5.30. The lowest BCUT2D eigenvalue weighted by Gasteiger charge is -2.19. The van der Waals surface area contributed by atoms with Gasteiger partial charge in [0.25, 0.3) is 0 Å². The largest absolute Gasteiger partial charge is 0.207 e. The molecule has 0 spiro atoms. The number of rotatable bonds is 4. The highest BCUT2D eigenvalue weighted by Crippen LogP contribution is 2.35. The lowest BCUT2D eigenvalue weighted by Crippen LogP contribution is -2.03.